The maximum absolute atomic E-state index is 12.6. The fraction of sp³-hybridized carbons (Fsp3) is 0.529. The van der Waals surface area contributed by atoms with Crippen LogP contribution in [0.2, 0.25) is 0 Å². The maximum atomic E-state index is 12.6. The normalized spacial score (nSPS) is 17.7. The zero-order valence-corrected chi connectivity index (χ0v) is 15.9. The van der Waals surface area contributed by atoms with Crippen molar-refractivity contribution < 1.29 is 27.9 Å². The van der Waals surface area contributed by atoms with Crippen LogP contribution in [0.15, 0.2) is 11.4 Å². The molecule has 7 nitrogen and oxygen atoms in total. The maximum Gasteiger partial charge on any atom is 0.394 e. The number of nitrogens with zero attached hydrogens (tertiary/aromatic N) is 4. The third-order valence-electron chi connectivity index (χ3n) is 4.56. The fourth-order valence-electron chi connectivity index (χ4n) is 3.24. The Morgan fingerprint density at radius 2 is 2.14 bits per heavy atom. The predicted octanol–water partition coefficient (Wildman–Crippen LogP) is 2.86. The molecule has 1 fully saturated rings. The topological polar surface area (TPSA) is 88.3 Å². The third-order valence-corrected chi connectivity index (χ3v) is 5.57. The van der Waals surface area contributed by atoms with Gasteiger partial charge < -0.3 is 10.0 Å². The third kappa shape index (κ3) is 4.89. The van der Waals surface area contributed by atoms with E-state index in [9.17, 15) is 22.8 Å². The molecule has 152 valence electrons. The summed E-state index contributed by atoms with van der Waals surface area (Å²) in [7, 11) is 0. The molecule has 0 spiro atoms. The highest BCUT2D eigenvalue weighted by molar-refractivity contribution is 7.09. The van der Waals surface area contributed by atoms with Crippen LogP contribution in [-0.4, -0.2) is 55.9 Å². The van der Waals surface area contributed by atoms with E-state index in [-0.39, 0.29) is 29.8 Å². The quantitative estimate of drug-likeness (QED) is 0.810. The Morgan fingerprint density at radius 1 is 1.39 bits per heavy atom. The van der Waals surface area contributed by atoms with Gasteiger partial charge in [-0.1, -0.05) is 0 Å². The van der Waals surface area contributed by atoms with Gasteiger partial charge in [0.1, 0.15) is 6.54 Å². The van der Waals surface area contributed by atoms with Crippen molar-refractivity contribution in [1.29, 1.82) is 0 Å². The Bertz CT molecular complexity index is 877. The smallest absolute Gasteiger partial charge is 0.394 e. The number of hydrogen-bond acceptors (Lipinski definition) is 5. The van der Waals surface area contributed by atoms with Crippen LogP contribution in [0.25, 0.3) is 0 Å². The van der Waals surface area contributed by atoms with Gasteiger partial charge >= 0.3 is 12.1 Å². The van der Waals surface area contributed by atoms with E-state index >= 15 is 0 Å². The zero-order chi connectivity index (χ0) is 20.5. The summed E-state index contributed by atoms with van der Waals surface area (Å²) in [4.78, 5) is 29.4. The number of thiazole rings is 1. The number of halogens is 3. The second kappa shape index (κ2) is 7.90. The molecule has 1 unspecified atom stereocenters. The Kier molecular flexibility index (Phi) is 5.73. The van der Waals surface area contributed by atoms with E-state index in [1.807, 2.05) is 0 Å². The van der Waals surface area contributed by atoms with Crippen molar-refractivity contribution in [2.24, 2.45) is 0 Å². The number of rotatable bonds is 5. The summed E-state index contributed by atoms with van der Waals surface area (Å²) in [6, 6.07) is 1.34. The molecule has 0 radical (unpaired) electrons. The summed E-state index contributed by atoms with van der Waals surface area (Å²) in [6.45, 7) is 2.43. The van der Waals surface area contributed by atoms with Crippen molar-refractivity contribution in [3.05, 3.63) is 33.5 Å². The van der Waals surface area contributed by atoms with Gasteiger partial charge in [-0.2, -0.15) is 18.3 Å². The Hall–Kier alpha value is -2.43. The molecule has 1 atom stereocenters. The molecule has 1 saturated heterocycles. The van der Waals surface area contributed by atoms with Crippen molar-refractivity contribution in [3.8, 4) is 0 Å². The first-order valence-electron chi connectivity index (χ1n) is 8.69. The van der Waals surface area contributed by atoms with Crippen LogP contribution < -0.4 is 0 Å². The SMILES string of the molecule is Cc1cc(CC(F)(F)F)nn1CC(=O)N1CCCC(c2nc(C(=O)O)cs2)C1. The number of carbonyl (C=O) groups is 2. The summed E-state index contributed by atoms with van der Waals surface area (Å²) in [5.41, 5.74) is 0.373. The molecule has 11 heteroatoms. The summed E-state index contributed by atoms with van der Waals surface area (Å²) in [5, 5.41) is 15.1. The molecule has 0 saturated carbocycles. The Labute approximate surface area is 162 Å². The van der Waals surface area contributed by atoms with Crippen LogP contribution in [0.5, 0.6) is 0 Å². The van der Waals surface area contributed by atoms with Gasteiger partial charge in [-0.3, -0.25) is 9.48 Å². The average molecular weight is 416 g/mol. The zero-order valence-electron chi connectivity index (χ0n) is 15.1. The Balaban J connectivity index is 1.65. The first kappa shape index (κ1) is 20.3. The number of carboxylic acids is 1. The predicted molar refractivity (Wildman–Crippen MR) is 94.4 cm³/mol. The van der Waals surface area contributed by atoms with Gasteiger partial charge in [-0.25, -0.2) is 9.78 Å². The number of aryl methyl sites for hydroxylation is 1. The van der Waals surface area contributed by atoms with Crippen LogP contribution in [-0.2, 0) is 17.8 Å². The molecule has 0 aliphatic carbocycles. The van der Waals surface area contributed by atoms with Crippen LogP contribution >= 0.6 is 11.3 Å². The van der Waals surface area contributed by atoms with Crippen LogP contribution in [0.4, 0.5) is 13.2 Å². The van der Waals surface area contributed by atoms with E-state index in [1.165, 1.54) is 27.5 Å². The van der Waals surface area contributed by atoms with E-state index in [0.29, 0.717) is 23.8 Å². The number of aromatic carboxylic acids is 1. The fourth-order valence-corrected chi connectivity index (χ4v) is 4.16. The van der Waals surface area contributed by atoms with E-state index in [0.717, 1.165) is 12.8 Å². The molecule has 28 heavy (non-hydrogen) atoms. The first-order valence-corrected chi connectivity index (χ1v) is 9.57. The van der Waals surface area contributed by atoms with Gasteiger partial charge in [0.15, 0.2) is 5.69 Å². The molecule has 0 bridgehead atoms. The lowest BCUT2D eigenvalue weighted by atomic mass is 9.98. The molecular weight excluding hydrogens is 397 g/mol. The summed E-state index contributed by atoms with van der Waals surface area (Å²) >= 11 is 1.26. The number of carbonyl (C=O) groups excluding carboxylic acids is 1. The van der Waals surface area contributed by atoms with Crippen molar-refractivity contribution >= 4 is 23.2 Å². The van der Waals surface area contributed by atoms with Gasteiger partial charge in [-0.15, -0.1) is 11.3 Å². The number of hydrogen-bond donors (Lipinski definition) is 1. The highest BCUT2D eigenvalue weighted by Gasteiger charge is 2.30. The lowest BCUT2D eigenvalue weighted by Crippen LogP contribution is -2.41. The summed E-state index contributed by atoms with van der Waals surface area (Å²) in [6.07, 6.45) is -3.93. The van der Waals surface area contributed by atoms with Gasteiger partial charge in [0, 0.05) is 30.1 Å². The van der Waals surface area contributed by atoms with Crippen molar-refractivity contribution in [2.45, 2.75) is 44.8 Å². The molecule has 1 aliphatic heterocycles. The molecule has 2 aromatic rings. The molecule has 1 aliphatic rings. The van der Waals surface area contributed by atoms with Gasteiger partial charge in [0.2, 0.25) is 5.91 Å². The van der Waals surface area contributed by atoms with Gasteiger partial charge in [0.05, 0.1) is 17.1 Å². The molecule has 2 aromatic heterocycles. The van der Waals surface area contributed by atoms with Crippen molar-refractivity contribution in [1.82, 2.24) is 19.7 Å². The lowest BCUT2D eigenvalue weighted by molar-refractivity contribution is -0.133. The summed E-state index contributed by atoms with van der Waals surface area (Å²) < 4.78 is 38.9. The molecule has 1 amide bonds. The number of piperidine rings is 1. The number of aromatic nitrogens is 3. The Morgan fingerprint density at radius 3 is 2.79 bits per heavy atom. The number of carboxylic acid groups (broad SMARTS) is 1. The van der Waals surface area contributed by atoms with E-state index in [1.54, 1.807) is 11.8 Å². The molecule has 3 rings (SSSR count). The number of likely N-dealkylation sites (tertiary alicyclic amines) is 1. The average Bonchev–Trinajstić information content (AvgIpc) is 3.21. The van der Waals surface area contributed by atoms with Gasteiger partial charge in [-0.05, 0) is 25.8 Å². The highest BCUT2D eigenvalue weighted by atomic mass is 32.1. The minimum absolute atomic E-state index is 0.00666. The van der Waals surface area contributed by atoms with Crippen molar-refractivity contribution in [3.63, 3.8) is 0 Å². The number of amides is 1. The lowest BCUT2D eigenvalue weighted by Gasteiger charge is -2.32. The van der Waals surface area contributed by atoms with Crippen LogP contribution in [0, 0.1) is 6.92 Å². The summed E-state index contributed by atoms with van der Waals surface area (Å²) in [5.74, 6) is -1.37. The second-order valence-electron chi connectivity index (χ2n) is 6.78. The highest BCUT2D eigenvalue weighted by Crippen LogP contribution is 2.29. The van der Waals surface area contributed by atoms with Crippen LogP contribution in [0.1, 0.15) is 45.6 Å². The molecule has 0 aromatic carbocycles. The largest absolute Gasteiger partial charge is 0.476 e. The van der Waals surface area contributed by atoms with Crippen molar-refractivity contribution in [2.75, 3.05) is 13.1 Å². The minimum atomic E-state index is -4.35. The van der Waals surface area contributed by atoms with Crippen LogP contribution in [0.3, 0.4) is 0 Å². The molecule has 1 N–H and O–H groups in total. The van der Waals surface area contributed by atoms with Gasteiger partial charge in [0.25, 0.3) is 0 Å². The number of alkyl halides is 3. The van der Waals surface area contributed by atoms with E-state index in [2.05, 4.69) is 10.1 Å². The molecule has 3 heterocycles. The second-order valence-corrected chi connectivity index (χ2v) is 7.67. The minimum Gasteiger partial charge on any atom is -0.476 e. The first-order chi connectivity index (χ1) is 13.1. The monoisotopic (exact) mass is 416 g/mol. The molecular formula is C17H19F3N4O3S. The standard InChI is InChI=1S/C17H19F3N4O3S/c1-10-5-12(6-17(18,19)20)22-24(10)8-14(25)23-4-2-3-11(7-23)15-21-13(9-28-15)16(26)27/h5,9,11H,2-4,6-8H2,1H3,(H,26,27). The van der Waals surface area contributed by atoms with E-state index in [4.69, 9.17) is 5.11 Å². The van der Waals surface area contributed by atoms with E-state index < -0.39 is 18.6 Å².